The summed E-state index contributed by atoms with van der Waals surface area (Å²) in [6.07, 6.45) is 7.63. The van der Waals surface area contributed by atoms with Crippen molar-refractivity contribution in [2.75, 3.05) is 18.2 Å². The third-order valence-corrected chi connectivity index (χ3v) is 7.09. The van der Waals surface area contributed by atoms with Gasteiger partial charge in [-0.25, -0.2) is 9.90 Å². The van der Waals surface area contributed by atoms with E-state index in [1.54, 1.807) is 4.90 Å². The van der Waals surface area contributed by atoms with Crippen LogP contribution in [-0.2, 0) is 4.84 Å². The van der Waals surface area contributed by atoms with Crippen LogP contribution in [0.1, 0.15) is 50.1 Å². The van der Waals surface area contributed by atoms with Crippen molar-refractivity contribution < 1.29 is 9.74 Å². The van der Waals surface area contributed by atoms with Gasteiger partial charge in [0.1, 0.15) is 0 Å². The Hall–Kier alpha value is -1.55. The molecule has 4 heteroatoms. The van der Waals surface area contributed by atoms with Crippen LogP contribution in [-0.4, -0.2) is 18.8 Å². The number of nitrogens with zero attached hydrogens (tertiary/aromatic N) is 1. The third-order valence-electron chi connectivity index (χ3n) is 6.84. The quantitative estimate of drug-likeness (QED) is 0.846. The molecular weight excluding hydrogens is 356 g/mol. The first-order valence-corrected chi connectivity index (χ1v) is 10.8. The van der Waals surface area contributed by atoms with E-state index in [1.807, 2.05) is 12.1 Å². The maximum atomic E-state index is 6.98. The maximum absolute atomic E-state index is 6.98. The molecule has 0 radical (unpaired) electrons. The van der Waals surface area contributed by atoms with Gasteiger partial charge in [0, 0.05) is 24.3 Å². The second-order valence-electron chi connectivity index (χ2n) is 8.30. The van der Waals surface area contributed by atoms with Crippen LogP contribution in [0.3, 0.4) is 0 Å². The number of rotatable bonds is 3. The van der Waals surface area contributed by atoms with Crippen molar-refractivity contribution in [1.82, 2.24) is 0 Å². The summed E-state index contributed by atoms with van der Waals surface area (Å²) in [4.78, 5) is 8.65. The average molecular weight is 384 g/mol. The highest BCUT2D eigenvalue weighted by Crippen LogP contribution is 2.51. The number of hydroxylamine groups is 1. The minimum atomic E-state index is -0.0745. The van der Waals surface area contributed by atoms with E-state index in [-0.39, 0.29) is 11.8 Å². The summed E-state index contributed by atoms with van der Waals surface area (Å²) in [7, 11) is 0. The molecule has 1 aliphatic carbocycles. The van der Waals surface area contributed by atoms with Crippen molar-refractivity contribution in [1.29, 1.82) is 0 Å². The smallest absolute Gasteiger partial charge is 0.231 e. The monoisotopic (exact) mass is 383 g/mol. The lowest BCUT2D eigenvalue weighted by Crippen LogP contribution is -3.20. The Bertz CT molecular complexity index is 775. The highest BCUT2D eigenvalue weighted by atomic mass is 35.5. The Kier molecular flexibility index (Phi) is 4.63. The lowest BCUT2D eigenvalue weighted by Gasteiger charge is -2.40. The molecule has 2 saturated heterocycles. The molecule has 1 N–H and O–H groups in total. The van der Waals surface area contributed by atoms with E-state index in [2.05, 4.69) is 47.5 Å². The molecule has 3 fully saturated rings. The summed E-state index contributed by atoms with van der Waals surface area (Å²) in [5.41, 5.74) is 2.40. The van der Waals surface area contributed by atoms with E-state index in [1.165, 1.54) is 57.2 Å². The molecule has 3 atom stereocenters. The number of likely N-dealkylation sites (tertiary alicyclic amines) is 1. The molecule has 2 aromatic rings. The first-order valence-electron chi connectivity index (χ1n) is 10.4. The Balaban J connectivity index is 1.61. The topological polar surface area (TPSA) is 16.9 Å². The SMILES string of the molecule is Clc1ccc([C@H]2[C@@H]3CCCC[C@]3([NH+]3CCCC3)ON2c2ccccc2)cc1. The largest absolute Gasteiger partial charge is 0.305 e. The van der Waals surface area contributed by atoms with Gasteiger partial charge < -0.3 is 4.90 Å². The number of para-hydroxylation sites is 1. The molecule has 2 aliphatic heterocycles. The van der Waals surface area contributed by atoms with E-state index >= 15 is 0 Å². The van der Waals surface area contributed by atoms with Gasteiger partial charge in [-0.2, -0.15) is 0 Å². The van der Waals surface area contributed by atoms with Crippen LogP contribution < -0.4 is 9.96 Å². The predicted octanol–water partition coefficient (Wildman–Crippen LogP) is 4.40. The number of nitrogens with one attached hydrogen (secondary N) is 1. The predicted molar refractivity (Wildman–Crippen MR) is 109 cm³/mol. The van der Waals surface area contributed by atoms with Crippen molar-refractivity contribution in [3.63, 3.8) is 0 Å². The Labute approximate surface area is 166 Å². The second kappa shape index (κ2) is 7.12. The summed E-state index contributed by atoms with van der Waals surface area (Å²) in [5, 5.41) is 3.02. The minimum absolute atomic E-state index is 0.0745. The Morgan fingerprint density at radius 1 is 0.926 bits per heavy atom. The van der Waals surface area contributed by atoms with Gasteiger partial charge in [-0.15, -0.1) is 0 Å². The molecular formula is C23H28ClN2O+. The highest BCUT2D eigenvalue weighted by molar-refractivity contribution is 6.30. The van der Waals surface area contributed by atoms with Gasteiger partial charge in [0.05, 0.1) is 30.7 Å². The fraction of sp³-hybridized carbons (Fsp3) is 0.478. The standard InChI is InChI=1S/C23H27ClN2O/c24-19-13-11-18(12-14-19)22-21-10-4-5-15-23(21,25-16-6-7-17-25)27-26(22)20-8-2-1-3-9-20/h1-3,8-9,11-14,21-22H,4-7,10,15-17H2/p+1/t21-,22-,23-/m0/s1. The summed E-state index contributed by atoms with van der Waals surface area (Å²) < 4.78 is 0. The van der Waals surface area contributed by atoms with Crippen molar-refractivity contribution in [3.05, 3.63) is 65.2 Å². The number of hydrogen-bond acceptors (Lipinski definition) is 2. The molecule has 142 valence electrons. The maximum Gasteiger partial charge on any atom is 0.231 e. The van der Waals surface area contributed by atoms with Crippen LogP contribution in [0, 0.1) is 5.92 Å². The van der Waals surface area contributed by atoms with E-state index in [0.29, 0.717) is 5.92 Å². The normalized spacial score (nSPS) is 31.2. The van der Waals surface area contributed by atoms with Crippen LogP contribution in [0.4, 0.5) is 5.69 Å². The lowest BCUT2D eigenvalue weighted by molar-refractivity contribution is -0.972. The first-order chi connectivity index (χ1) is 13.3. The van der Waals surface area contributed by atoms with E-state index in [0.717, 1.165) is 10.7 Å². The number of hydrogen-bond donors (Lipinski definition) is 1. The number of fused-ring (bicyclic) bond motifs is 1. The van der Waals surface area contributed by atoms with Crippen LogP contribution in [0.15, 0.2) is 54.6 Å². The second-order valence-corrected chi connectivity index (χ2v) is 8.74. The number of benzene rings is 2. The van der Waals surface area contributed by atoms with Crippen molar-refractivity contribution in [3.8, 4) is 0 Å². The van der Waals surface area contributed by atoms with E-state index < -0.39 is 0 Å². The molecule has 0 unspecified atom stereocenters. The highest BCUT2D eigenvalue weighted by Gasteiger charge is 2.62. The van der Waals surface area contributed by atoms with E-state index in [9.17, 15) is 0 Å². The van der Waals surface area contributed by atoms with Gasteiger partial charge in [-0.05, 0) is 42.7 Å². The molecule has 0 amide bonds. The van der Waals surface area contributed by atoms with Crippen LogP contribution >= 0.6 is 11.6 Å². The Morgan fingerprint density at radius 2 is 1.67 bits per heavy atom. The van der Waals surface area contributed by atoms with Gasteiger partial charge >= 0.3 is 0 Å². The molecule has 3 aliphatic rings. The lowest BCUT2D eigenvalue weighted by atomic mass is 9.75. The fourth-order valence-electron chi connectivity index (χ4n) is 5.64. The van der Waals surface area contributed by atoms with Gasteiger partial charge in [-0.3, -0.25) is 0 Å². The summed E-state index contributed by atoms with van der Waals surface area (Å²) in [5.74, 6) is 0.515. The molecule has 5 rings (SSSR count). The van der Waals surface area contributed by atoms with Gasteiger partial charge in [0.15, 0.2) is 0 Å². The Morgan fingerprint density at radius 3 is 2.41 bits per heavy atom. The minimum Gasteiger partial charge on any atom is -0.305 e. The number of anilines is 1. The van der Waals surface area contributed by atoms with E-state index in [4.69, 9.17) is 16.4 Å². The first kappa shape index (κ1) is 17.5. The van der Waals surface area contributed by atoms with Gasteiger partial charge in [0.2, 0.25) is 5.72 Å². The molecule has 27 heavy (non-hydrogen) atoms. The fourth-order valence-corrected chi connectivity index (χ4v) is 5.76. The number of quaternary nitrogens is 1. The van der Waals surface area contributed by atoms with Crippen molar-refractivity contribution >= 4 is 17.3 Å². The zero-order valence-electron chi connectivity index (χ0n) is 15.7. The van der Waals surface area contributed by atoms with Crippen LogP contribution in [0.25, 0.3) is 0 Å². The summed E-state index contributed by atoms with van der Waals surface area (Å²) >= 11 is 6.19. The van der Waals surface area contributed by atoms with Gasteiger partial charge in [0.25, 0.3) is 0 Å². The summed E-state index contributed by atoms with van der Waals surface area (Å²) in [6.45, 7) is 2.49. The molecule has 2 aromatic carbocycles. The summed E-state index contributed by atoms with van der Waals surface area (Å²) in [6, 6.07) is 19.3. The van der Waals surface area contributed by atoms with Crippen LogP contribution in [0.2, 0.25) is 5.02 Å². The number of halogens is 1. The zero-order chi connectivity index (χ0) is 18.3. The van der Waals surface area contributed by atoms with Crippen molar-refractivity contribution in [2.24, 2.45) is 5.92 Å². The van der Waals surface area contributed by atoms with Gasteiger partial charge in [-0.1, -0.05) is 48.4 Å². The zero-order valence-corrected chi connectivity index (χ0v) is 16.5. The average Bonchev–Trinajstić information content (AvgIpc) is 3.36. The van der Waals surface area contributed by atoms with Crippen LogP contribution in [0.5, 0.6) is 0 Å². The third kappa shape index (κ3) is 2.97. The molecule has 1 saturated carbocycles. The molecule has 3 nitrogen and oxygen atoms in total. The molecule has 0 aromatic heterocycles. The molecule has 0 spiro atoms. The molecule has 0 bridgehead atoms. The molecule has 2 heterocycles. The van der Waals surface area contributed by atoms with Crippen molar-refractivity contribution in [2.45, 2.75) is 50.3 Å².